The van der Waals surface area contributed by atoms with Gasteiger partial charge < -0.3 is 5.11 Å². The van der Waals surface area contributed by atoms with E-state index < -0.39 is 6.23 Å². The summed E-state index contributed by atoms with van der Waals surface area (Å²) >= 11 is 0. The summed E-state index contributed by atoms with van der Waals surface area (Å²) in [6, 6.07) is 19.3. The van der Waals surface area contributed by atoms with Gasteiger partial charge in [0.2, 0.25) is 5.91 Å². The first-order chi connectivity index (χ1) is 9.75. The van der Waals surface area contributed by atoms with Crippen LogP contribution in [0.15, 0.2) is 60.7 Å². The van der Waals surface area contributed by atoms with E-state index in [0.717, 1.165) is 11.3 Å². The number of carbonyl (C=O) groups excluding carboxylic acids is 1. The molecule has 0 aliphatic carbocycles. The highest BCUT2D eigenvalue weighted by Gasteiger charge is 2.34. The van der Waals surface area contributed by atoms with Crippen molar-refractivity contribution < 1.29 is 9.90 Å². The summed E-state index contributed by atoms with van der Waals surface area (Å²) in [7, 11) is 0. The average molecular weight is 267 g/mol. The highest BCUT2D eigenvalue weighted by atomic mass is 16.3. The Hall–Kier alpha value is -2.13. The monoisotopic (exact) mass is 267 g/mol. The van der Waals surface area contributed by atoms with Crippen LogP contribution in [0.2, 0.25) is 0 Å². The summed E-state index contributed by atoms with van der Waals surface area (Å²) in [5.41, 5.74) is 1.88. The van der Waals surface area contributed by atoms with E-state index >= 15 is 0 Å². The quantitative estimate of drug-likeness (QED) is 0.909. The maximum absolute atomic E-state index is 12.4. The van der Waals surface area contributed by atoms with Crippen LogP contribution in [0.5, 0.6) is 0 Å². The second-order valence-corrected chi connectivity index (χ2v) is 5.13. The van der Waals surface area contributed by atoms with Crippen molar-refractivity contribution in [3.63, 3.8) is 0 Å². The summed E-state index contributed by atoms with van der Waals surface area (Å²) in [4.78, 5) is 13.9. The number of hydrogen-bond acceptors (Lipinski definition) is 2. The number of benzene rings is 2. The molecule has 1 fully saturated rings. The van der Waals surface area contributed by atoms with Crippen LogP contribution in [0.3, 0.4) is 0 Å². The summed E-state index contributed by atoms with van der Waals surface area (Å²) in [6.07, 6.45) is 0.254. The van der Waals surface area contributed by atoms with Crippen LogP contribution in [0, 0.1) is 0 Å². The lowest BCUT2D eigenvalue weighted by Gasteiger charge is -2.36. The molecule has 0 radical (unpaired) electrons. The normalized spacial score (nSPS) is 22.9. The molecule has 0 saturated carbocycles. The molecule has 3 nitrogen and oxygen atoms in total. The first-order valence-corrected chi connectivity index (χ1v) is 6.86. The van der Waals surface area contributed by atoms with E-state index in [1.807, 2.05) is 60.7 Å². The van der Waals surface area contributed by atoms with Crippen LogP contribution in [-0.4, -0.2) is 17.2 Å². The zero-order valence-corrected chi connectivity index (χ0v) is 11.1. The summed E-state index contributed by atoms with van der Waals surface area (Å²) in [6.45, 7) is 0. The van der Waals surface area contributed by atoms with Gasteiger partial charge in [-0.2, -0.15) is 0 Å². The fourth-order valence-corrected chi connectivity index (χ4v) is 2.80. The lowest BCUT2D eigenvalue weighted by molar-refractivity contribution is -0.123. The van der Waals surface area contributed by atoms with Gasteiger partial charge in [0.05, 0.1) is 0 Å². The van der Waals surface area contributed by atoms with Crippen LogP contribution < -0.4 is 4.90 Å². The molecular formula is C17H17NO2. The van der Waals surface area contributed by atoms with Crippen LogP contribution >= 0.6 is 0 Å². The van der Waals surface area contributed by atoms with Crippen molar-refractivity contribution in [2.24, 2.45) is 0 Å². The third-order valence-electron chi connectivity index (χ3n) is 3.79. The summed E-state index contributed by atoms with van der Waals surface area (Å²) in [5, 5.41) is 10.3. The van der Waals surface area contributed by atoms with Gasteiger partial charge in [0.1, 0.15) is 6.23 Å². The number of amides is 1. The predicted molar refractivity (Wildman–Crippen MR) is 78.4 cm³/mol. The molecule has 0 bridgehead atoms. The van der Waals surface area contributed by atoms with Gasteiger partial charge in [-0.05, 0) is 30.0 Å². The van der Waals surface area contributed by atoms with Crippen LogP contribution in [0.25, 0.3) is 0 Å². The Kier molecular flexibility index (Phi) is 3.52. The number of aliphatic hydroxyl groups excluding tert-OH is 1. The molecule has 20 heavy (non-hydrogen) atoms. The Morgan fingerprint density at radius 3 is 2.15 bits per heavy atom. The highest BCUT2D eigenvalue weighted by Crippen LogP contribution is 2.33. The maximum Gasteiger partial charge on any atom is 0.229 e. The van der Waals surface area contributed by atoms with Crippen LogP contribution in [-0.2, 0) is 4.79 Å². The molecule has 0 spiro atoms. The van der Waals surface area contributed by atoms with Crippen LogP contribution in [0.1, 0.15) is 24.3 Å². The Bertz CT molecular complexity index is 582. The minimum atomic E-state index is -0.760. The number of carbonyl (C=O) groups is 1. The molecule has 0 aromatic heterocycles. The van der Waals surface area contributed by atoms with E-state index in [4.69, 9.17) is 0 Å². The molecule has 3 rings (SSSR count). The molecular weight excluding hydrogens is 250 g/mol. The molecule has 1 aliphatic rings. The van der Waals surface area contributed by atoms with E-state index in [0.29, 0.717) is 12.8 Å². The zero-order chi connectivity index (χ0) is 13.9. The van der Waals surface area contributed by atoms with E-state index in [2.05, 4.69) is 0 Å². The Morgan fingerprint density at radius 2 is 1.55 bits per heavy atom. The standard InChI is InChI=1S/C17H17NO2/c19-16-11-14(13-7-3-1-4-8-13)12-17(20)18(16)15-9-5-2-6-10-15/h1-10,14,16,19H,11-12H2/t14-,16?/m1/s1. The number of para-hydroxylation sites is 1. The molecule has 1 unspecified atom stereocenters. The fourth-order valence-electron chi connectivity index (χ4n) is 2.80. The highest BCUT2D eigenvalue weighted by molar-refractivity contribution is 5.95. The Balaban J connectivity index is 1.82. The predicted octanol–water partition coefficient (Wildman–Crippen LogP) is 2.92. The zero-order valence-electron chi connectivity index (χ0n) is 11.1. The van der Waals surface area contributed by atoms with E-state index in [1.54, 1.807) is 0 Å². The molecule has 1 saturated heterocycles. The van der Waals surface area contributed by atoms with Gasteiger partial charge in [0.15, 0.2) is 0 Å². The number of anilines is 1. The summed E-state index contributed by atoms with van der Waals surface area (Å²) in [5.74, 6) is 0.0717. The third kappa shape index (κ3) is 2.45. The minimum absolute atomic E-state index is 0.0243. The molecule has 1 aliphatic heterocycles. The van der Waals surface area contributed by atoms with Gasteiger partial charge in [-0.1, -0.05) is 48.5 Å². The largest absolute Gasteiger partial charge is 0.373 e. The smallest absolute Gasteiger partial charge is 0.229 e. The van der Waals surface area contributed by atoms with E-state index in [-0.39, 0.29) is 11.8 Å². The van der Waals surface area contributed by atoms with Gasteiger partial charge in [-0.25, -0.2) is 0 Å². The molecule has 1 heterocycles. The lowest BCUT2D eigenvalue weighted by Crippen LogP contribution is -2.46. The molecule has 2 atom stereocenters. The topological polar surface area (TPSA) is 40.5 Å². The number of aliphatic hydroxyl groups is 1. The number of hydrogen-bond donors (Lipinski definition) is 1. The van der Waals surface area contributed by atoms with Gasteiger partial charge in [0, 0.05) is 12.1 Å². The van der Waals surface area contributed by atoms with Crippen molar-refractivity contribution in [2.45, 2.75) is 25.0 Å². The molecule has 1 N–H and O–H groups in total. The van der Waals surface area contributed by atoms with E-state index in [9.17, 15) is 9.90 Å². The molecule has 102 valence electrons. The lowest BCUT2D eigenvalue weighted by atomic mass is 9.88. The van der Waals surface area contributed by atoms with Crippen molar-refractivity contribution in [2.75, 3.05) is 4.90 Å². The van der Waals surface area contributed by atoms with Crippen LogP contribution in [0.4, 0.5) is 5.69 Å². The SMILES string of the molecule is O=C1C[C@H](c2ccccc2)CC(O)N1c1ccccc1. The molecule has 3 heteroatoms. The number of piperidine rings is 1. The Labute approximate surface area is 118 Å². The second-order valence-electron chi connectivity index (χ2n) is 5.13. The fraction of sp³-hybridized carbons (Fsp3) is 0.235. The molecule has 2 aromatic rings. The molecule has 1 amide bonds. The van der Waals surface area contributed by atoms with Gasteiger partial charge >= 0.3 is 0 Å². The Morgan fingerprint density at radius 1 is 0.950 bits per heavy atom. The first kappa shape index (κ1) is 12.9. The average Bonchev–Trinajstić information content (AvgIpc) is 2.48. The third-order valence-corrected chi connectivity index (χ3v) is 3.79. The van der Waals surface area contributed by atoms with Gasteiger partial charge in [-0.3, -0.25) is 9.69 Å². The maximum atomic E-state index is 12.4. The van der Waals surface area contributed by atoms with Crippen molar-refractivity contribution >= 4 is 11.6 Å². The molecule has 2 aromatic carbocycles. The number of nitrogens with zero attached hydrogens (tertiary/aromatic N) is 1. The van der Waals surface area contributed by atoms with Crippen molar-refractivity contribution in [3.8, 4) is 0 Å². The van der Waals surface area contributed by atoms with Crippen molar-refractivity contribution in [1.82, 2.24) is 0 Å². The number of rotatable bonds is 2. The minimum Gasteiger partial charge on any atom is -0.373 e. The van der Waals surface area contributed by atoms with Gasteiger partial charge in [0.25, 0.3) is 0 Å². The van der Waals surface area contributed by atoms with E-state index in [1.165, 1.54) is 4.90 Å². The van der Waals surface area contributed by atoms with Crippen molar-refractivity contribution in [1.29, 1.82) is 0 Å². The van der Waals surface area contributed by atoms with Gasteiger partial charge in [-0.15, -0.1) is 0 Å². The summed E-state index contributed by atoms with van der Waals surface area (Å²) < 4.78 is 0. The second kappa shape index (κ2) is 5.47. The van der Waals surface area contributed by atoms with Crippen molar-refractivity contribution in [3.05, 3.63) is 66.2 Å². The first-order valence-electron chi connectivity index (χ1n) is 6.86.